The minimum atomic E-state index is -4.11. The molecule has 0 bridgehead atoms. The lowest BCUT2D eigenvalue weighted by molar-refractivity contribution is -0.387. The molecule has 9 nitrogen and oxygen atoms in total. The Labute approximate surface area is 124 Å². The van der Waals surface area contributed by atoms with Crippen LogP contribution < -0.4 is 10.0 Å². The summed E-state index contributed by atoms with van der Waals surface area (Å²) in [5.41, 5.74) is -0.0806. The third-order valence-corrected chi connectivity index (χ3v) is 4.75. The molecule has 0 saturated heterocycles. The van der Waals surface area contributed by atoms with E-state index in [4.69, 9.17) is 0 Å². The van der Waals surface area contributed by atoms with E-state index in [-0.39, 0.29) is 5.13 Å². The van der Waals surface area contributed by atoms with Crippen molar-refractivity contribution in [1.29, 1.82) is 0 Å². The highest BCUT2D eigenvalue weighted by Gasteiger charge is 2.27. The van der Waals surface area contributed by atoms with Crippen molar-refractivity contribution in [2.24, 2.45) is 0 Å². The van der Waals surface area contributed by atoms with Crippen molar-refractivity contribution in [3.05, 3.63) is 33.3 Å². The van der Waals surface area contributed by atoms with E-state index in [1.165, 1.54) is 12.1 Å². The number of rotatable bonds is 5. The van der Waals surface area contributed by atoms with Crippen LogP contribution in [-0.4, -0.2) is 30.6 Å². The number of aryl methyl sites for hydroxylation is 1. The molecule has 112 valence electrons. The van der Waals surface area contributed by atoms with Crippen molar-refractivity contribution < 1.29 is 13.3 Å². The topological polar surface area (TPSA) is 127 Å². The summed E-state index contributed by atoms with van der Waals surface area (Å²) in [4.78, 5) is 9.87. The summed E-state index contributed by atoms with van der Waals surface area (Å²) in [6.45, 7) is 1.67. The zero-order valence-corrected chi connectivity index (χ0v) is 12.7. The molecule has 0 aliphatic rings. The van der Waals surface area contributed by atoms with Crippen molar-refractivity contribution in [1.82, 2.24) is 10.2 Å². The Morgan fingerprint density at radius 2 is 2.05 bits per heavy atom. The Balaban J connectivity index is 2.46. The van der Waals surface area contributed by atoms with Gasteiger partial charge in [0.15, 0.2) is 4.90 Å². The SMILES string of the molecule is CNc1ccc(S(=O)(=O)Nc2nnc(C)s2)c([N+](=O)[O-])c1. The smallest absolute Gasteiger partial charge is 0.291 e. The molecule has 0 atom stereocenters. The molecule has 0 amide bonds. The first-order valence-electron chi connectivity index (χ1n) is 5.62. The fourth-order valence-electron chi connectivity index (χ4n) is 1.55. The maximum atomic E-state index is 12.2. The van der Waals surface area contributed by atoms with Crippen LogP contribution in [0.2, 0.25) is 0 Å². The number of nitro groups is 1. The molecular weight excluding hydrogens is 318 g/mol. The molecule has 0 radical (unpaired) electrons. The quantitative estimate of drug-likeness (QED) is 0.630. The molecule has 1 heterocycles. The highest BCUT2D eigenvalue weighted by molar-refractivity contribution is 7.93. The Kier molecular flexibility index (Phi) is 4.04. The third kappa shape index (κ3) is 3.25. The highest BCUT2D eigenvalue weighted by Crippen LogP contribution is 2.29. The largest absolute Gasteiger partial charge is 0.388 e. The van der Waals surface area contributed by atoms with Gasteiger partial charge in [-0.2, -0.15) is 0 Å². The van der Waals surface area contributed by atoms with E-state index < -0.39 is 25.5 Å². The van der Waals surface area contributed by atoms with Gasteiger partial charge in [-0.3, -0.25) is 14.8 Å². The fraction of sp³-hybridized carbons (Fsp3) is 0.200. The van der Waals surface area contributed by atoms with Gasteiger partial charge >= 0.3 is 0 Å². The number of hydrogen-bond donors (Lipinski definition) is 2. The van der Waals surface area contributed by atoms with E-state index in [2.05, 4.69) is 20.2 Å². The van der Waals surface area contributed by atoms with E-state index in [0.717, 1.165) is 17.4 Å². The molecule has 0 spiro atoms. The zero-order chi connectivity index (χ0) is 15.6. The first-order valence-corrected chi connectivity index (χ1v) is 7.92. The summed E-state index contributed by atoms with van der Waals surface area (Å²) in [7, 11) is -2.53. The standard InChI is InChI=1S/C10H11N5O4S2/c1-6-12-13-10(20-6)14-21(18,19)9-4-3-7(11-2)5-8(9)15(16)17/h3-5,11H,1-2H3,(H,13,14). The average Bonchev–Trinajstić information content (AvgIpc) is 2.82. The number of nitro benzene ring substituents is 1. The second-order valence-electron chi connectivity index (χ2n) is 3.92. The van der Waals surface area contributed by atoms with Gasteiger partial charge in [-0.05, 0) is 19.1 Å². The van der Waals surface area contributed by atoms with Crippen LogP contribution >= 0.6 is 11.3 Å². The lowest BCUT2D eigenvalue weighted by Gasteiger charge is -2.07. The van der Waals surface area contributed by atoms with Gasteiger partial charge in [-0.1, -0.05) is 11.3 Å². The van der Waals surface area contributed by atoms with Gasteiger partial charge in [0, 0.05) is 18.8 Å². The van der Waals surface area contributed by atoms with E-state index in [1.54, 1.807) is 14.0 Å². The third-order valence-electron chi connectivity index (χ3n) is 2.48. The van der Waals surface area contributed by atoms with Crippen molar-refractivity contribution >= 4 is 37.9 Å². The van der Waals surface area contributed by atoms with Crippen molar-refractivity contribution in [2.75, 3.05) is 17.1 Å². The molecule has 2 aromatic rings. The summed E-state index contributed by atoms with van der Waals surface area (Å²) >= 11 is 1.04. The Hall–Kier alpha value is -2.27. The van der Waals surface area contributed by atoms with E-state index in [0.29, 0.717) is 10.7 Å². The predicted octanol–water partition coefficient (Wildman–Crippen LogP) is 1.60. The zero-order valence-electron chi connectivity index (χ0n) is 11.0. The molecule has 0 fully saturated rings. The summed E-state index contributed by atoms with van der Waals surface area (Å²) in [6, 6.07) is 3.76. The number of hydrogen-bond acceptors (Lipinski definition) is 8. The molecule has 11 heteroatoms. The normalized spacial score (nSPS) is 11.1. The summed E-state index contributed by atoms with van der Waals surface area (Å²) in [5.74, 6) is 0. The van der Waals surface area contributed by atoms with Gasteiger partial charge in [-0.15, -0.1) is 10.2 Å². The summed E-state index contributed by atoms with van der Waals surface area (Å²) < 4.78 is 26.7. The first kappa shape index (κ1) is 15.1. The minimum Gasteiger partial charge on any atom is -0.388 e. The summed E-state index contributed by atoms with van der Waals surface area (Å²) in [6.07, 6.45) is 0. The lowest BCUT2D eigenvalue weighted by atomic mass is 10.3. The number of sulfonamides is 1. The van der Waals surface area contributed by atoms with Gasteiger partial charge in [0.25, 0.3) is 15.7 Å². The second-order valence-corrected chi connectivity index (χ2v) is 6.75. The van der Waals surface area contributed by atoms with Crippen LogP contribution in [0.5, 0.6) is 0 Å². The highest BCUT2D eigenvalue weighted by atomic mass is 32.2. The number of benzene rings is 1. The fourth-order valence-corrected chi connectivity index (χ4v) is 3.53. The van der Waals surface area contributed by atoms with Gasteiger partial charge < -0.3 is 5.32 Å². The van der Waals surface area contributed by atoms with Crippen LogP contribution in [0.15, 0.2) is 23.1 Å². The lowest BCUT2D eigenvalue weighted by Crippen LogP contribution is -2.14. The van der Waals surface area contributed by atoms with Crippen LogP contribution in [0.4, 0.5) is 16.5 Å². The maximum Gasteiger partial charge on any atom is 0.291 e. The van der Waals surface area contributed by atoms with Crippen LogP contribution in [0.1, 0.15) is 5.01 Å². The predicted molar refractivity (Wildman–Crippen MR) is 78.1 cm³/mol. The van der Waals surface area contributed by atoms with E-state index in [9.17, 15) is 18.5 Å². The van der Waals surface area contributed by atoms with Gasteiger partial charge in [-0.25, -0.2) is 8.42 Å². The average molecular weight is 329 g/mol. The molecule has 0 unspecified atom stereocenters. The monoisotopic (exact) mass is 329 g/mol. The molecule has 0 aliphatic carbocycles. The number of nitrogens with zero attached hydrogens (tertiary/aromatic N) is 3. The van der Waals surface area contributed by atoms with Crippen LogP contribution in [0.25, 0.3) is 0 Å². The minimum absolute atomic E-state index is 0.0551. The number of aromatic nitrogens is 2. The Bertz CT molecular complexity index is 786. The van der Waals surface area contributed by atoms with Crippen LogP contribution in [-0.2, 0) is 10.0 Å². The van der Waals surface area contributed by atoms with Gasteiger partial charge in [0.2, 0.25) is 5.13 Å². The van der Waals surface area contributed by atoms with Gasteiger partial charge in [0.05, 0.1) is 4.92 Å². The molecule has 2 rings (SSSR count). The Morgan fingerprint density at radius 1 is 1.33 bits per heavy atom. The molecular formula is C10H11N5O4S2. The van der Waals surface area contributed by atoms with E-state index >= 15 is 0 Å². The Morgan fingerprint density at radius 3 is 2.57 bits per heavy atom. The molecule has 0 saturated carbocycles. The summed E-state index contributed by atoms with van der Waals surface area (Å²) in [5, 5.41) is 21.7. The second kappa shape index (κ2) is 5.61. The first-order chi connectivity index (χ1) is 9.83. The van der Waals surface area contributed by atoms with Gasteiger partial charge in [0.1, 0.15) is 5.01 Å². The molecule has 21 heavy (non-hydrogen) atoms. The molecule has 1 aromatic carbocycles. The number of nitrogens with one attached hydrogen (secondary N) is 2. The van der Waals surface area contributed by atoms with Crippen molar-refractivity contribution in [2.45, 2.75) is 11.8 Å². The van der Waals surface area contributed by atoms with Crippen LogP contribution in [0, 0.1) is 17.0 Å². The molecule has 1 aromatic heterocycles. The molecule has 2 N–H and O–H groups in total. The van der Waals surface area contributed by atoms with Crippen LogP contribution in [0.3, 0.4) is 0 Å². The molecule has 0 aliphatic heterocycles. The van der Waals surface area contributed by atoms with Crippen molar-refractivity contribution in [3.8, 4) is 0 Å². The van der Waals surface area contributed by atoms with Crippen molar-refractivity contribution in [3.63, 3.8) is 0 Å². The maximum absolute atomic E-state index is 12.2. The van der Waals surface area contributed by atoms with E-state index in [1.807, 2.05) is 0 Å². The number of anilines is 2.